The number of hydrogen-bond donors (Lipinski definition) is 3. The lowest BCUT2D eigenvalue weighted by molar-refractivity contribution is -0.115. The standard InChI is InChI=1S/C20H18N6OS2/c1-3-23-13-6-4-11(10-21)8-14(13)24-20-25-18(27)17(29-20)19-26(2)15-7-5-12(22)9-16(15)28-19/h4-9,23H,3,22H2,1-2H3,(H,24,25,27). The van der Waals surface area contributed by atoms with Crippen LogP contribution in [-0.4, -0.2) is 24.7 Å². The Morgan fingerprint density at radius 2 is 2.10 bits per heavy atom. The third kappa shape index (κ3) is 3.64. The number of nitriles is 1. The van der Waals surface area contributed by atoms with Gasteiger partial charge in [0, 0.05) is 24.2 Å². The summed E-state index contributed by atoms with van der Waals surface area (Å²) in [5, 5.41) is 16.6. The van der Waals surface area contributed by atoms with Crippen molar-refractivity contribution in [2.24, 2.45) is 4.99 Å². The van der Waals surface area contributed by atoms with Gasteiger partial charge in [-0.25, -0.2) is 4.99 Å². The van der Waals surface area contributed by atoms with Gasteiger partial charge in [-0.2, -0.15) is 5.26 Å². The summed E-state index contributed by atoms with van der Waals surface area (Å²) in [7, 11) is 1.93. The van der Waals surface area contributed by atoms with Gasteiger partial charge in [-0.05, 0) is 55.1 Å². The number of nitrogens with one attached hydrogen (secondary N) is 2. The maximum atomic E-state index is 12.7. The molecule has 0 aliphatic carbocycles. The molecule has 0 bridgehead atoms. The number of hydrogen-bond acceptors (Lipinski definition) is 8. The number of carbonyl (C=O) groups excluding carboxylic acids is 1. The predicted octanol–water partition coefficient (Wildman–Crippen LogP) is 3.83. The van der Waals surface area contributed by atoms with Crippen LogP contribution in [0.1, 0.15) is 12.5 Å². The molecule has 0 atom stereocenters. The summed E-state index contributed by atoms with van der Waals surface area (Å²) in [5.74, 6) is -0.190. The minimum absolute atomic E-state index is 0.190. The van der Waals surface area contributed by atoms with E-state index in [1.54, 1.807) is 12.1 Å². The summed E-state index contributed by atoms with van der Waals surface area (Å²) in [6.07, 6.45) is 0. The number of fused-ring (bicyclic) bond motifs is 1. The fraction of sp³-hybridized carbons (Fsp3) is 0.150. The van der Waals surface area contributed by atoms with Crippen LogP contribution in [0, 0.1) is 11.3 Å². The number of amidine groups is 1. The number of nitrogens with two attached hydrogens (primary N) is 1. The highest BCUT2D eigenvalue weighted by Crippen LogP contribution is 2.49. The number of carbonyl (C=O) groups is 1. The van der Waals surface area contributed by atoms with E-state index in [1.807, 2.05) is 43.1 Å². The first-order chi connectivity index (χ1) is 14.0. The van der Waals surface area contributed by atoms with E-state index in [-0.39, 0.29) is 5.91 Å². The van der Waals surface area contributed by atoms with Gasteiger partial charge >= 0.3 is 0 Å². The number of benzene rings is 2. The van der Waals surface area contributed by atoms with Crippen LogP contribution >= 0.6 is 23.5 Å². The molecule has 0 spiro atoms. The Balaban J connectivity index is 1.67. The van der Waals surface area contributed by atoms with Gasteiger partial charge in [-0.15, -0.1) is 0 Å². The Hall–Kier alpha value is -3.09. The summed E-state index contributed by atoms with van der Waals surface area (Å²) in [6.45, 7) is 2.71. The fourth-order valence-electron chi connectivity index (χ4n) is 3.03. The highest BCUT2D eigenvalue weighted by molar-refractivity contribution is 8.19. The van der Waals surface area contributed by atoms with Gasteiger partial charge in [-0.3, -0.25) is 4.79 Å². The zero-order chi connectivity index (χ0) is 20.5. The van der Waals surface area contributed by atoms with E-state index in [0.717, 1.165) is 27.8 Å². The van der Waals surface area contributed by atoms with E-state index in [0.29, 0.717) is 27.0 Å². The largest absolute Gasteiger partial charge is 0.399 e. The molecule has 2 aliphatic rings. The number of aliphatic imine (C=N–C) groups is 1. The first kappa shape index (κ1) is 19.2. The number of nitrogen functional groups attached to an aromatic ring is 1. The third-order valence-electron chi connectivity index (χ3n) is 4.39. The van der Waals surface area contributed by atoms with Gasteiger partial charge in [0.1, 0.15) is 4.91 Å². The lowest BCUT2D eigenvalue weighted by atomic mass is 10.2. The zero-order valence-corrected chi connectivity index (χ0v) is 17.4. The normalized spacial score (nSPS) is 19.3. The van der Waals surface area contributed by atoms with Crippen molar-refractivity contribution in [1.82, 2.24) is 5.32 Å². The smallest absolute Gasteiger partial charge is 0.266 e. The predicted molar refractivity (Wildman–Crippen MR) is 120 cm³/mol. The van der Waals surface area contributed by atoms with Crippen LogP contribution < -0.4 is 21.3 Å². The first-order valence-corrected chi connectivity index (χ1v) is 10.5. The molecule has 29 heavy (non-hydrogen) atoms. The van der Waals surface area contributed by atoms with Crippen LogP contribution in [0.25, 0.3) is 0 Å². The van der Waals surface area contributed by atoms with Gasteiger partial charge in [-0.1, -0.05) is 11.8 Å². The van der Waals surface area contributed by atoms with Crippen molar-refractivity contribution in [3.8, 4) is 6.07 Å². The number of thioether (sulfide) groups is 2. The molecule has 2 heterocycles. The highest BCUT2D eigenvalue weighted by Gasteiger charge is 2.33. The van der Waals surface area contributed by atoms with Crippen molar-refractivity contribution in [3.05, 3.63) is 51.9 Å². The van der Waals surface area contributed by atoms with Gasteiger partial charge in [0.25, 0.3) is 5.91 Å². The summed E-state index contributed by atoms with van der Waals surface area (Å²) < 4.78 is 0. The van der Waals surface area contributed by atoms with Crippen molar-refractivity contribution < 1.29 is 4.79 Å². The second kappa shape index (κ2) is 7.73. The average molecular weight is 423 g/mol. The molecule has 2 aliphatic heterocycles. The topological polar surface area (TPSA) is 107 Å². The van der Waals surface area contributed by atoms with E-state index in [2.05, 4.69) is 21.7 Å². The maximum absolute atomic E-state index is 12.7. The summed E-state index contributed by atoms with van der Waals surface area (Å²) in [4.78, 5) is 20.9. The molecule has 1 amide bonds. The Morgan fingerprint density at radius 1 is 1.28 bits per heavy atom. The van der Waals surface area contributed by atoms with Gasteiger partial charge in [0.15, 0.2) is 5.17 Å². The second-order valence-electron chi connectivity index (χ2n) is 6.37. The van der Waals surface area contributed by atoms with Crippen LogP contribution in [0.3, 0.4) is 0 Å². The Morgan fingerprint density at radius 3 is 2.86 bits per heavy atom. The molecule has 146 valence electrons. The van der Waals surface area contributed by atoms with Gasteiger partial charge in [0.05, 0.1) is 33.7 Å². The average Bonchev–Trinajstić information content (AvgIpc) is 3.22. The maximum Gasteiger partial charge on any atom is 0.266 e. The summed E-state index contributed by atoms with van der Waals surface area (Å²) >= 11 is 2.81. The van der Waals surface area contributed by atoms with Crippen molar-refractivity contribution >= 4 is 57.3 Å². The zero-order valence-electron chi connectivity index (χ0n) is 15.8. The summed E-state index contributed by atoms with van der Waals surface area (Å²) in [6, 6.07) is 13.1. The molecule has 4 N–H and O–H groups in total. The van der Waals surface area contributed by atoms with Crippen LogP contribution in [0.2, 0.25) is 0 Å². The van der Waals surface area contributed by atoms with E-state index in [9.17, 15) is 10.1 Å². The minimum Gasteiger partial charge on any atom is -0.399 e. The molecule has 2 aromatic carbocycles. The molecule has 4 rings (SSSR count). The molecule has 1 fully saturated rings. The van der Waals surface area contributed by atoms with Crippen molar-refractivity contribution in [1.29, 1.82) is 5.26 Å². The lowest BCUT2D eigenvalue weighted by Crippen LogP contribution is -2.21. The third-order valence-corrected chi connectivity index (χ3v) is 6.71. The molecule has 0 saturated carbocycles. The quantitative estimate of drug-likeness (QED) is 0.510. The lowest BCUT2D eigenvalue weighted by Gasteiger charge is -2.14. The first-order valence-electron chi connectivity index (χ1n) is 8.91. The van der Waals surface area contributed by atoms with E-state index < -0.39 is 0 Å². The fourth-order valence-corrected chi connectivity index (χ4v) is 5.26. The van der Waals surface area contributed by atoms with Crippen molar-refractivity contribution in [2.45, 2.75) is 11.8 Å². The van der Waals surface area contributed by atoms with Crippen molar-refractivity contribution in [3.63, 3.8) is 0 Å². The molecule has 7 nitrogen and oxygen atoms in total. The van der Waals surface area contributed by atoms with Gasteiger partial charge in [0.2, 0.25) is 0 Å². The minimum atomic E-state index is -0.190. The van der Waals surface area contributed by atoms with E-state index in [4.69, 9.17) is 5.73 Å². The molecule has 0 radical (unpaired) electrons. The van der Waals surface area contributed by atoms with E-state index >= 15 is 0 Å². The molecule has 0 unspecified atom stereocenters. The van der Waals surface area contributed by atoms with Crippen molar-refractivity contribution in [2.75, 3.05) is 29.5 Å². The number of nitrogens with zero attached hydrogens (tertiary/aromatic N) is 3. The molecular formula is C20H18N6OS2. The number of amides is 1. The molecule has 9 heteroatoms. The van der Waals surface area contributed by atoms with E-state index in [1.165, 1.54) is 23.5 Å². The Labute approximate surface area is 177 Å². The van der Waals surface area contributed by atoms with Crippen LogP contribution in [-0.2, 0) is 4.79 Å². The Kier molecular flexibility index (Phi) is 5.13. The number of anilines is 3. The monoisotopic (exact) mass is 422 g/mol. The van der Waals surface area contributed by atoms with Crippen LogP contribution in [0.4, 0.5) is 22.7 Å². The Bertz CT molecular complexity index is 1120. The molecule has 2 aromatic rings. The molecule has 0 aromatic heterocycles. The molecule has 1 saturated heterocycles. The summed E-state index contributed by atoms with van der Waals surface area (Å²) in [5.41, 5.74) is 9.53. The number of rotatable bonds is 3. The van der Waals surface area contributed by atoms with Crippen LogP contribution in [0.5, 0.6) is 0 Å². The molecular weight excluding hydrogens is 404 g/mol. The van der Waals surface area contributed by atoms with Gasteiger partial charge < -0.3 is 21.3 Å². The van der Waals surface area contributed by atoms with Crippen LogP contribution in [0.15, 0.2) is 56.2 Å². The second-order valence-corrected chi connectivity index (χ2v) is 8.40. The highest BCUT2D eigenvalue weighted by atomic mass is 32.2. The SMILES string of the molecule is CCNc1ccc(C#N)cc1N=C1NC(=O)C(=C2Sc3cc(N)ccc3N2C)S1.